The molecule has 0 spiro atoms. The van der Waals surface area contributed by atoms with E-state index in [-0.39, 0.29) is 11.7 Å². The van der Waals surface area contributed by atoms with E-state index in [4.69, 9.17) is 0 Å². The number of hydrogen-bond acceptors (Lipinski definition) is 10. The molecule has 0 aliphatic heterocycles. The highest BCUT2D eigenvalue weighted by molar-refractivity contribution is 7.15. The molecule has 0 saturated carbocycles. The minimum Gasteiger partial charge on any atom is -0.301 e. The van der Waals surface area contributed by atoms with Crippen LogP contribution in [0.1, 0.15) is 51.8 Å². The highest BCUT2D eigenvalue weighted by atomic mass is 32.1. The summed E-state index contributed by atoms with van der Waals surface area (Å²) in [6.45, 7) is 0. The Hall–Kier alpha value is -3.44. The van der Waals surface area contributed by atoms with Crippen LogP contribution in [-0.4, -0.2) is 42.1 Å². The van der Waals surface area contributed by atoms with E-state index in [9.17, 15) is 9.59 Å². The molecule has 0 fully saturated rings. The average molecular weight is 522 g/mol. The molecule has 4 heterocycles. The normalized spacial score (nSPS) is 10.9. The van der Waals surface area contributed by atoms with Crippen LogP contribution in [0.5, 0.6) is 0 Å². The largest absolute Gasteiger partial charge is 0.301 e. The molecule has 4 aromatic rings. The minimum absolute atomic E-state index is 0.0795. The zero-order valence-corrected chi connectivity index (χ0v) is 21.4. The van der Waals surface area contributed by atoms with Gasteiger partial charge in [0.1, 0.15) is 20.8 Å². The van der Waals surface area contributed by atoms with Crippen molar-refractivity contribution in [3.05, 3.63) is 75.2 Å². The molecule has 4 aromatic heterocycles. The predicted molar refractivity (Wildman–Crippen MR) is 139 cm³/mol. The molecule has 36 heavy (non-hydrogen) atoms. The Bertz CT molecular complexity index is 1150. The van der Waals surface area contributed by atoms with Crippen LogP contribution in [0.2, 0.25) is 0 Å². The zero-order valence-electron chi connectivity index (χ0n) is 19.8. The molecule has 9 nitrogen and oxygen atoms in total. The maximum atomic E-state index is 12.3. The molecule has 186 valence electrons. The number of unbranched alkanes of at least 4 members (excludes halogenated alkanes) is 1. The molecule has 0 radical (unpaired) electrons. The maximum absolute atomic E-state index is 12.3. The smallest absolute Gasteiger partial charge is 0.226 e. The third-order valence-corrected chi connectivity index (χ3v) is 7.26. The quantitative estimate of drug-likeness (QED) is 0.246. The number of nitrogens with zero attached hydrogens (tertiary/aromatic N) is 6. The summed E-state index contributed by atoms with van der Waals surface area (Å²) >= 11 is 2.92. The van der Waals surface area contributed by atoms with Gasteiger partial charge in [-0.3, -0.25) is 19.6 Å². The predicted octanol–water partition coefficient (Wildman–Crippen LogP) is 4.06. The second-order valence-corrected chi connectivity index (χ2v) is 10.5. The lowest BCUT2D eigenvalue weighted by Gasteiger charge is -2.01. The topological polar surface area (TPSA) is 124 Å². The summed E-state index contributed by atoms with van der Waals surface area (Å²) in [4.78, 5) is 32.6. The number of pyridine rings is 2. The first-order valence-corrected chi connectivity index (χ1v) is 13.5. The third kappa shape index (κ3) is 8.65. The van der Waals surface area contributed by atoms with Crippen molar-refractivity contribution >= 4 is 39.5 Å². The van der Waals surface area contributed by atoms with Crippen molar-refractivity contribution in [2.75, 3.05) is 5.32 Å². The Labute approximate surface area is 217 Å². The Balaban J connectivity index is 1.11. The van der Waals surface area contributed by atoms with Crippen LogP contribution < -0.4 is 5.32 Å². The van der Waals surface area contributed by atoms with Crippen LogP contribution in [-0.2, 0) is 41.7 Å². The van der Waals surface area contributed by atoms with Crippen molar-refractivity contribution in [1.29, 1.82) is 0 Å². The first kappa shape index (κ1) is 25.6. The van der Waals surface area contributed by atoms with Gasteiger partial charge >= 0.3 is 0 Å². The number of aromatic nitrogens is 6. The molecule has 0 atom stereocenters. The standard InChI is InChI=1S/C25H27N7O2S2/c33-20(11-9-18-5-3-13-26-16-18)15-24-31-29-22(35-24)7-1-2-8-23-30-32-25(36-23)28-21(34)12-10-19-6-4-14-27-17-19/h3-6,13-14,16-17H,1-2,7-12,15H2,(H,28,32,34). The molecule has 1 N–H and O–H groups in total. The number of rotatable bonds is 14. The maximum Gasteiger partial charge on any atom is 0.226 e. The number of amides is 1. The van der Waals surface area contributed by atoms with E-state index in [2.05, 4.69) is 35.7 Å². The van der Waals surface area contributed by atoms with Crippen LogP contribution in [0.15, 0.2) is 49.1 Å². The Morgan fingerprint density at radius 1 is 0.722 bits per heavy atom. The average Bonchev–Trinajstić information content (AvgIpc) is 3.54. The number of aryl methyl sites for hydroxylation is 4. The van der Waals surface area contributed by atoms with E-state index in [1.165, 1.54) is 22.7 Å². The molecule has 11 heteroatoms. The van der Waals surface area contributed by atoms with E-state index in [1.54, 1.807) is 24.8 Å². The lowest BCUT2D eigenvalue weighted by Crippen LogP contribution is -2.12. The summed E-state index contributed by atoms with van der Waals surface area (Å²) in [6.07, 6.45) is 13.0. The lowest BCUT2D eigenvalue weighted by molar-refractivity contribution is -0.118. The van der Waals surface area contributed by atoms with Crippen molar-refractivity contribution in [3.63, 3.8) is 0 Å². The van der Waals surface area contributed by atoms with Gasteiger partial charge in [-0.25, -0.2) is 0 Å². The van der Waals surface area contributed by atoms with Gasteiger partial charge in [0.2, 0.25) is 11.0 Å². The number of ketones is 1. The number of anilines is 1. The summed E-state index contributed by atoms with van der Waals surface area (Å²) in [5, 5.41) is 22.7. The van der Waals surface area contributed by atoms with Crippen LogP contribution in [0, 0.1) is 0 Å². The second kappa shape index (κ2) is 13.6. The van der Waals surface area contributed by atoms with Gasteiger partial charge in [-0.2, -0.15) is 0 Å². The fraction of sp³-hybridized carbons (Fsp3) is 0.360. The Kier molecular flexibility index (Phi) is 9.69. The molecule has 0 saturated heterocycles. The fourth-order valence-corrected chi connectivity index (χ4v) is 5.20. The van der Waals surface area contributed by atoms with Gasteiger partial charge in [0, 0.05) is 50.5 Å². The SMILES string of the molecule is O=C(CCc1cccnc1)Cc1nnc(CCCCc2nnc(NC(=O)CCc3cccnc3)s2)s1. The fourth-order valence-electron chi connectivity index (χ4n) is 3.49. The van der Waals surface area contributed by atoms with E-state index in [0.29, 0.717) is 37.2 Å². The van der Waals surface area contributed by atoms with Crippen LogP contribution >= 0.6 is 22.7 Å². The molecular formula is C25H27N7O2S2. The molecule has 0 aromatic carbocycles. The minimum atomic E-state index is -0.0795. The molecule has 1 amide bonds. The summed E-state index contributed by atoms with van der Waals surface area (Å²) in [7, 11) is 0. The van der Waals surface area contributed by atoms with Gasteiger partial charge in [0.05, 0.1) is 6.42 Å². The van der Waals surface area contributed by atoms with E-state index >= 15 is 0 Å². The molecule has 4 rings (SSSR count). The van der Waals surface area contributed by atoms with Crippen molar-refractivity contribution < 1.29 is 9.59 Å². The second-order valence-electron chi connectivity index (χ2n) is 8.28. The van der Waals surface area contributed by atoms with Gasteiger partial charge in [-0.1, -0.05) is 23.5 Å². The summed E-state index contributed by atoms with van der Waals surface area (Å²) in [6, 6.07) is 7.68. The van der Waals surface area contributed by atoms with Gasteiger partial charge in [-0.05, 0) is 48.9 Å². The van der Waals surface area contributed by atoms with E-state index < -0.39 is 0 Å². The van der Waals surface area contributed by atoms with Gasteiger partial charge in [0.25, 0.3) is 0 Å². The number of nitrogens with one attached hydrogen (secondary N) is 1. The number of carbonyl (C=O) groups is 2. The van der Waals surface area contributed by atoms with Crippen molar-refractivity contribution in [2.45, 2.75) is 57.8 Å². The van der Waals surface area contributed by atoms with E-state index in [1.807, 2.05) is 24.3 Å². The van der Waals surface area contributed by atoms with Gasteiger partial charge < -0.3 is 5.32 Å². The molecule has 0 aliphatic carbocycles. The summed E-state index contributed by atoms with van der Waals surface area (Å²) < 4.78 is 0. The zero-order chi connectivity index (χ0) is 25.0. The van der Waals surface area contributed by atoms with Crippen LogP contribution in [0.3, 0.4) is 0 Å². The van der Waals surface area contributed by atoms with Gasteiger partial charge in [0.15, 0.2) is 0 Å². The van der Waals surface area contributed by atoms with E-state index in [0.717, 1.165) is 51.8 Å². The molecule has 0 unspecified atom stereocenters. The lowest BCUT2D eigenvalue weighted by atomic mass is 10.1. The monoisotopic (exact) mass is 521 g/mol. The highest BCUT2D eigenvalue weighted by Gasteiger charge is 2.11. The van der Waals surface area contributed by atoms with Crippen molar-refractivity contribution in [1.82, 2.24) is 30.4 Å². The third-order valence-electron chi connectivity index (χ3n) is 5.38. The summed E-state index contributed by atoms with van der Waals surface area (Å²) in [5.41, 5.74) is 2.09. The van der Waals surface area contributed by atoms with Gasteiger partial charge in [-0.15, -0.1) is 31.7 Å². The van der Waals surface area contributed by atoms with Crippen LogP contribution in [0.25, 0.3) is 0 Å². The Morgan fingerprint density at radius 3 is 2.00 bits per heavy atom. The molecular weight excluding hydrogens is 494 g/mol. The number of hydrogen-bond donors (Lipinski definition) is 1. The van der Waals surface area contributed by atoms with Crippen molar-refractivity contribution in [2.24, 2.45) is 0 Å². The van der Waals surface area contributed by atoms with Crippen LogP contribution in [0.4, 0.5) is 5.13 Å². The number of carbonyl (C=O) groups excluding carboxylic acids is 2. The summed E-state index contributed by atoms with van der Waals surface area (Å²) in [5.74, 6) is 0.0852. The Morgan fingerprint density at radius 2 is 1.33 bits per heavy atom. The van der Waals surface area contributed by atoms with Crippen molar-refractivity contribution in [3.8, 4) is 0 Å². The highest BCUT2D eigenvalue weighted by Crippen LogP contribution is 2.19. The first-order valence-electron chi connectivity index (χ1n) is 11.9. The first-order chi connectivity index (χ1) is 17.6. The molecule has 0 bridgehead atoms. The molecule has 0 aliphatic rings. The number of Topliss-reactive ketones (excluding diaryl/α,β-unsaturated/α-hetero) is 1.